The number of anilines is 1. The highest BCUT2D eigenvalue weighted by molar-refractivity contribution is 5.46. The van der Waals surface area contributed by atoms with Crippen LogP contribution in [0, 0.1) is 18.3 Å². The Hall–Kier alpha value is -2.80. The van der Waals surface area contributed by atoms with Crippen molar-refractivity contribution in [1.82, 2.24) is 4.98 Å². The molecule has 0 saturated heterocycles. The van der Waals surface area contributed by atoms with E-state index >= 15 is 0 Å². The minimum atomic E-state index is 0.191. The summed E-state index contributed by atoms with van der Waals surface area (Å²) in [4.78, 5) is 4.50. The highest BCUT2D eigenvalue weighted by atomic mass is 16.5. The summed E-state index contributed by atoms with van der Waals surface area (Å²) >= 11 is 0. The van der Waals surface area contributed by atoms with E-state index in [1.165, 1.54) is 0 Å². The number of nitrogens with zero attached hydrogens (tertiary/aromatic N) is 2. The zero-order valence-corrected chi connectivity index (χ0v) is 13.0. The molecular weight excluding hydrogens is 274 g/mol. The van der Waals surface area contributed by atoms with Crippen LogP contribution in [0.3, 0.4) is 0 Å². The molecule has 2 aromatic rings. The maximum atomic E-state index is 9.25. The number of rotatable bonds is 5. The van der Waals surface area contributed by atoms with Gasteiger partial charge in [0.2, 0.25) is 5.76 Å². The largest absolute Gasteiger partial charge is 0.443 e. The Morgan fingerprint density at radius 2 is 1.95 bits per heavy atom. The number of hydrogen-bond acceptors (Lipinski definition) is 4. The number of hydrogen-bond donors (Lipinski definition) is 1. The van der Waals surface area contributed by atoms with E-state index in [0.717, 1.165) is 17.1 Å². The van der Waals surface area contributed by atoms with E-state index in [1.807, 2.05) is 63.2 Å². The number of nitrogens with one attached hydrogen (secondary N) is 1. The summed E-state index contributed by atoms with van der Waals surface area (Å²) < 4.78 is 5.71. The van der Waals surface area contributed by atoms with Crippen molar-refractivity contribution in [1.29, 1.82) is 5.26 Å². The summed E-state index contributed by atoms with van der Waals surface area (Å²) in [5.41, 5.74) is 2.67. The Bertz CT molecular complexity index is 700. The van der Waals surface area contributed by atoms with E-state index in [1.54, 1.807) is 6.20 Å². The molecule has 0 aliphatic carbocycles. The molecule has 1 N–H and O–H groups in total. The second-order valence-corrected chi connectivity index (χ2v) is 5.22. The summed E-state index contributed by atoms with van der Waals surface area (Å²) in [6.07, 6.45) is 1.55. The number of benzene rings is 1. The predicted molar refractivity (Wildman–Crippen MR) is 87.5 cm³/mol. The number of para-hydroxylation sites is 1. The molecule has 0 amide bonds. The molecule has 1 aromatic carbocycles. The molecular formula is C18H19N3O. The van der Waals surface area contributed by atoms with Crippen LogP contribution in [0.5, 0.6) is 5.75 Å². The number of ether oxygens (including phenoxy) is 1. The van der Waals surface area contributed by atoms with Gasteiger partial charge in [0, 0.05) is 11.4 Å². The van der Waals surface area contributed by atoms with Crippen molar-refractivity contribution in [2.75, 3.05) is 5.32 Å². The van der Waals surface area contributed by atoms with E-state index in [0.29, 0.717) is 5.75 Å². The maximum absolute atomic E-state index is 9.25. The van der Waals surface area contributed by atoms with Gasteiger partial charge in [-0.2, -0.15) is 5.26 Å². The Morgan fingerprint density at radius 3 is 2.59 bits per heavy atom. The quantitative estimate of drug-likeness (QED) is 0.657. The third-order valence-electron chi connectivity index (χ3n) is 3.05. The van der Waals surface area contributed by atoms with Crippen molar-refractivity contribution < 1.29 is 4.74 Å². The lowest BCUT2D eigenvalue weighted by Crippen LogP contribution is -2.03. The summed E-state index contributed by atoms with van der Waals surface area (Å²) in [5, 5.41) is 12.3. The molecule has 1 heterocycles. The Kier molecular flexibility index (Phi) is 5.16. The minimum absolute atomic E-state index is 0.191. The summed E-state index contributed by atoms with van der Waals surface area (Å²) in [6, 6.07) is 15.4. The second kappa shape index (κ2) is 7.28. The van der Waals surface area contributed by atoms with Gasteiger partial charge in [-0.15, -0.1) is 0 Å². The van der Waals surface area contributed by atoms with Crippen LogP contribution < -0.4 is 10.1 Å². The number of aromatic nitrogens is 1. The molecule has 4 heteroatoms. The third kappa shape index (κ3) is 4.10. The third-order valence-corrected chi connectivity index (χ3v) is 3.05. The van der Waals surface area contributed by atoms with Crippen molar-refractivity contribution in [3.8, 4) is 11.8 Å². The highest BCUT2D eigenvalue weighted by Gasteiger charge is 2.12. The lowest BCUT2D eigenvalue weighted by molar-refractivity contribution is 0.435. The molecule has 0 spiro atoms. The fourth-order valence-corrected chi connectivity index (χ4v) is 1.95. The van der Waals surface area contributed by atoms with Gasteiger partial charge in [-0.1, -0.05) is 32.0 Å². The first kappa shape index (κ1) is 15.6. The summed E-state index contributed by atoms with van der Waals surface area (Å²) in [6.45, 7) is 6.03. The molecule has 0 unspecified atom stereocenters. The first-order valence-electron chi connectivity index (χ1n) is 7.17. The van der Waals surface area contributed by atoms with Gasteiger partial charge in [0.25, 0.3) is 0 Å². The normalized spacial score (nSPS) is 11.1. The van der Waals surface area contributed by atoms with Gasteiger partial charge in [0.15, 0.2) is 0 Å². The van der Waals surface area contributed by atoms with Crippen LogP contribution in [-0.4, -0.2) is 4.98 Å². The van der Waals surface area contributed by atoms with Gasteiger partial charge >= 0.3 is 0 Å². The molecule has 1 aromatic heterocycles. The molecule has 4 nitrogen and oxygen atoms in total. The average Bonchev–Trinajstić information content (AvgIpc) is 2.53. The second-order valence-electron chi connectivity index (χ2n) is 5.22. The van der Waals surface area contributed by atoms with Crippen LogP contribution in [0.2, 0.25) is 0 Å². The molecule has 2 rings (SSSR count). The lowest BCUT2D eigenvalue weighted by atomic mass is 10.1. The molecule has 0 aliphatic rings. The monoisotopic (exact) mass is 293 g/mol. The van der Waals surface area contributed by atoms with Gasteiger partial charge in [-0.25, -0.2) is 0 Å². The van der Waals surface area contributed by atoms with Crippen LogP contribution >= 0.6 is 0 Å². The molecule has 0 atom stereocenters. The SMILES string of the molecule is Cc1ccc(O/C(C#N)=C/Nc2ccccc2)c(C(C)C)n1. The lowest BCUT2D eigenvalue weighted by Gasteiger charge is -2.13. The zero-order chi connectivity index (χ0) is 15.9. The number of allylic oxidation sites excluding steroid dienone is 1. The van der Waals surface area contributed by atoms with Crippen molar-refractivity contribution in [2.24, 2.45) is 0 Å². The maximum Gasteiger partial charge on any atom is 0.220 e. The van der Waals surface area contributed by atoms with Crippen LogP contribution in [0.1, 0.15) is 31.2 Å². The fourth-order valence-electron chi connectivity index (χ4n) is 1.95. The average molecular weight is 293 g/mol. The number of aryl methyl sites for hydroxylation is 1. The summed E-state index contributed by atoms with van der Waals surface area (Å²) in [7, 11) is 0. The topological polar surface area (TPSA) is 57.9 Å². The van der Waals surface area contributed by atoms with E-state index in [9.17, 15) is 5.26 Å². The molecule has 22 heavy (non-hydrogen) atoms. The molecule has 0 fully saturated rings. The standard InChI is InChI=1S/C18H19N3O/c1-13(2)18-17(10-9-14(3)21-18)22-16(11-19)12-20-15-7-5-4-6-8-15/h4-10,12-13,20H,1-3H3/b16-12+. The molecule has 0 radical (unpaired) electrons. The van der Waals surface area contributed by atoms with E-state index < -0.39 is 0 Å². The van der Waals surface area contributed by atoms with Crippen LogP contribution in [0.15, 0.2) is 54.4 Å². The Balaban J connectivity index is 2.19. The van der Waals surface area contributed by atoms with Crippen molar-refractivity contribution in [3.05, 3.63) is 65.8 Å². The first-order valence-corrected chi connectivity index (χ1v) is 7.17. The van der Waals surface area contributed by atoms with Crippen LogP contribution in [0.25, 0.3) is 0 Å². The molecule has 0 saturated carbocycles. The minimum Gasteiger partial charge on any atom is -0.443 e. The summed E-state index contributed by atoms with van der Waals surface area (Å²) in [5.74, 6) is 1.02. The van der Waals surface area contributed by atoms with Crippen LogP contribution in [-0.2, 0) is 0 Å². The highest BCUT2D eigenvalue weighted by Crippen LogP contribution is 2.26. The van der Waals surface area contributed by atoms with Crippen molar-refractivity contribution in [3.63, 3.8) is 0 Å². The zero-order valence-electron chi connectivity index (χ0n) is 13.0. The fraction of sp³-hybridized carbons (Fsp3) is 0.222. The van der Waals surface area contributed by atoms with Crippen LogP contribution in [0.4, 0.5) is 5.69 Å². The van der Waals surface area contributed by atoms with Gasteiger partial charge < -0.3 is 10.1 Å². The van der Waals surface area contributed by atoms with Crippen molar-refractivity contribution >= 4 is 5.69 Å². The van der Waals surface area contributed by atoms with Gasteiger partial charge in [-0.05, 0) is 37.1 Å². The Morgan fingerprint density at radius 1 is 1.23 bits per heavy atom. The van der Waals surface area contributed by atoms with Gasteiger partial charge in [-0.3, -0.25) is 4.98 Å². The van der Waals surface area contributed by atoms with E-state index in [4.69, 9.17) is 4.74 Å². The first-order chi connectivity index (χ1) is 10.6. The Labute approximate surface area is 131 Å². The van der Waals surface area contributed by atoms with Gasteiger partial charge in [0.1, 0.15) is 11.8 Å². The number of nitriles is 1. The number of pyridine rings is 1. The van der Waals surface area contributed by atoms with E-state index in [-0.39, 0.29) is 11.7 Å². The molecule has 0 aliphatic heterocycles. The van der Waals surface area contributed by atoms with Gasteiger partial charge in [0.05, 0.1) is 11.9 Å². The van der Waals surface area contributed by atoms with E-state index in [2.05, 4.69) is 16.4 Å². The predicted octanol–water partition coefficient (Wildman–Crippen LogP) is 4.37. The smallest absolute Gasteiger partial charge is 0.220 e. The van der Waals surface area contributed by atoms with Crippen molar-refractivity contribution in [2.45, 2.75) is 26.7 Å². The molecule has 0 bridgehead atoms. The molecule has 112 valence electrons.